The van der Waals surface area contributed by atoms with Gasteiger partial charge in [0.25, 0.3) is 5.91 Å². The molecule has 0 radical (unpaired) electrons. The number of amides is 1. The molecule has 1 aliphatic rings. The molecule has 16 heavy (non-hydrogen) atoms. The van der Waals surface area contributed by atoms with Gasteiger partial charge in [0.15, 0.2) is 6.04 Å². The summed E-state index contributed by atoms with van der Waals surface area (Å²) in [7, 11) is 0. The van der Waals surface area contributed by atoms with Crippen LogP contribution in [-0.4, -0.2) is 37.6 Å². The fourth-order valence-corrected chi connectivity index (χ4v) is 2.15. The number of hydrogen-bond donors (Lipinski definition) is 2. The molecule has 92 valence electrons. The Kier molecular flexibility index (Phi) is 4.73. The highest BCUT2D eigenvalue weighted by Gasteiger charge is 2.33. The lowest BCUT2D eigenvalue weighted by molar-refractivity contribution is -0.921. The minimum atomic E-state index is -0.306. The molecular formula is C11H21N2O3+. The maximum Gasteiger partial charge on any atom is 0.314 e. The fourth-order valence-electron chi connectivity index (χ4n) is 2.15. The van der Waals surface area contributed by atoms with Crippen molar-refractivity contribution in [1.82, 2.24) is 0 Å². The minimum Gasteiger partial charge on any atom is -0.466 e. The molecule has 0 aromatic rings. The minimum absolute atomic E-state index is 0.0782. The van der Waals surface area contributed by atoms with E-state index in [1.54, 1.807) is 6.92 Å². The van der Waals surface area contributed by atoms with E-state index in [2.05, 4.69) is 0 Å². The second-order valence-corrected chi connectivity index (χ2v) is 4.33. The molecule has 1 amide bonds. The van der Waals surface area contributed by atoms with Gasteiger partial charge in [0.05, 0.1) is 19.7 Å². The van der Waals surface area contributed by atoms with Gasteiger partial charge in [-0.25, -0.2) is 0 Å². The predicted molar refractivity (Wildman–Crippen MR) is 58.7 cm³/mol. The molecular weight excluding hydrogens is 208 g/mol. The summed E-state index contributed by atoms with van der Waals surface area (Å²) in [6.07, 6.45) is 1.80. The summed E-state index contributed by atoms with van der Waals surface area (Å²) in [4.78, 5) is 23.8. The summed E-state index contributed by atoms with van der Waals surface area (Å²) in [6.45, 7) is 5.58. The Morgan fingerprint density at radius 2 is 2.25 bits per heavy atom. The van der Waals surface area contributed by atoms with Gasteiger partial charge in [0, 0.05) is 0 Å². The first-order chi connectivity index (χ1) is 7.56. The van der Waals surface area contributed by atoms with Crippen LogP contribution in [0.25, 0.3) is 0 Å². The maximum absolute atomic E-state index is 11.6. The molecule has 3 N–H and O–H groups in total. The van der Waals surface area contributed by atoms with Crippen LogP contribution in [0.4, 0.5) is 0 Å². The van der Waals surface area contributed by atoms with Gasteiger partial charge >= 0.3 is 5.97 Å². The van der Waals surface area contributed by atoms with Crippen molar-refractivity contribution < 1.29 is 19.2 Å². The van der Waals surface area contributed by atoms with Crippen LogP contribution in [0.3, 0.4) is 0 Å². The highest BCUT2D eigenvalue weighted by Crippen LogP contribution is 2.09. The molecule has 0 aromatic heterocycles. The van der Waals surface area contributed by atoms with Crippen molar-refractivity contribution in [3.05, 3.63) is 0 Å². The van der Waals surface area contributed by atoms with Crippen molar-refractivity contribution in [2.24, 2.45) is 11.7 Å². The number of carbonyl (C=O) groups excluding carboxylic acids is 2. The standard InChI is InChI=1S/C11H20N2O3/c1-3-16-11(15)9-5-4-6-13(7-9)8(2)10(12)14/h8-9H,3-7H2,1-2H3,(H2,12,14)/p+1/t8-,9-/m0/s1. The summed E-state index contributed by atoms with van der Waals surface area (Å²) >= 11 is 0. The molecule has 3 atom stereocenters. The average Bonchev–Trinajstić information content (AvgIpc) is 2.28. The summed E-state index contributed by atoms with van der Waals surface area (Å²) in [6, 6.07) is -0.225. The van der Waals surface area contributed by atoms with Crippen LogP contribution in [0.5, 0.6) is 0 Å². The van der Waals surface area contributed by atoms with E-state index >= 15 is 0 Å². The van der Waals surface area contributed by atoms with Gasteiger partial charge in [-0.3, -0.25) is 9.59 Å². The lowest BCUT2D eigenvalue weighted by atomic mass is 9.97. The van der Waals surface area contributed by atoms with E-state index in [0.29, 0.717) is 13.2 Å². The number of nitrogens with one attached hydrogen (secondary N) is 1. The Morgan fingerprint density at radius 3 is 2.81 bits per heavy atom. The average molecular weight is 229 g/mol. The molecule has 5 nitrogen and oxygen atoms in total. The molecule has 0 bridgehead atoms. The van der Waals surface area contributed by atoms with Crippen molar-refractivity contribution >= 4 is 11.9 Å². The number of nitrogens with two attached hydrogens (primary N) is 1. The number of likely N-dealkylation sites (tertiary alicyclic amines) is 1. The zero-order chi connectivity index (χ0) is 12.1. The Bertz CT molecular complexity index is 268. The summed E-state index contributed by atoms with van der Waals surface area (Å²) in [5.41, 5.74) is 5.27. The first-order valence-electron chi connectivity index (χ1n) is 5.86. The van der Waals surface area contributed by atoms with Gasteiger partial charge in [0.2, 0.25) is 0 Å². The highest BCUT2D eigenvalue weighted by molar-refractivity contribution is 5.78. The highest BCUT2D eigenvalue weighted by atomic mass is 16.5. The normalized spacial score (nSPS) is 27.1. The zero-order valence-electron chi connectivity index (χ0n) is 9.99. The number of piperidine rings is 1. The lowest BCUT2D eigenvalue weighted by Crippen LogP contribution is -3.18. The third kappa shape index (κ3) is 3.20. The van der Waals surface area contributed by atoms with Gasteiger partial charge in [-0.1, -0.05) is 0 Å². The molecule has 1 rings (SSSR count). The first kappa shape index (κ1) is 13.0. The van der Waals surface area contributed by atoms with Crippen LogP contribution >= 0.6 is 0 Å². The smallest absolute Gasteiger partial charge is 0.314 e. The molecule has 5 heteroatoms. The number of primary amides is 1. The Morgan fingerprint density at radius 1 is 1.56 bits per heavy atom. The second kappa shape index (κ2) is 5.84. The van der Waals surface area contributed by atoms with Crippen molar-refractivity contribution in [2.45, 2.75) is 32.7 Å². The third-order valence-corrected chi connectivity index (χ3v) is 3.22. The van der Waals surface area contributed by atoms with E-state index in [1.165, 1.54) is 0 Å². The van der Waals surface area contributed by atoms with E-state index in [0.717, 1.165) is 24.3 Å². The summed E-state index contributed by atoms with van der Waals surface area (Å²) in [5.74, 6) is -0.527. The molecule has 0 aromatic carbocycles. The zero-order valence-corrected chi connectivity index (χ0v) is 9.99. The Hall–Kier alpha value is -1.10. The second-order valence-electron chi connectivity index (χ2n) is 4.33. The van der Waals surface area contributed by atoms with Gasteiger partial charge in [0.1, 0.15) is 5.92 Å². The van der Waals surface area contributed by atoms with Crippen LogP contribution in [-0.2, 0) is 14.3 Å². The Balaban J connectivity index is 2.53. The fraction of sp³-hybridized carbons (Fsp3) is 0.818. The van der Waals surface area contributed by atoms with Crippen LogP contribution in [0.1, 0.15) is 26.7 Å². The van der Waals surface area contributed by atoms with Crippen LogP contribution in [0.15, 0.2) is 0 Å². The largest absolute Gasteiger partial charge is 0.466 e. The number of esters is 1. The van der Waals surface area contributed by atoms with E-state index in [4.69, 9.17) is 10.5 Å². The van der Waals surface area contributed by atoms with Gasteiger partial charge in [-0.2, -0.15) is 0 Å². The molecule has 0 aliphatic carbocycles. The maximum atomic E-state index is 11.6. The predicted octanol–water partition coefficient (Wildman–Crippen LogP) is -1.28. The van der Waals surface area contributed by atoms with Gasteiger partial charge in [-0.15, -0.1) is 0 Å². The van der Waals surface area contributed by atoms with Crippen molar-refractivity contribution in [3.8, 4) is 0 Å². The summed E-state index contributed by atoms with van der Waals surface area (Å²) in [5, 5.41) is 0. The topological polar surface area (TPSA) is 73.8 Å². The molecule has 1 heterocycles. The van der Waals surface area contributed by atoms with E-state index in [9.17, 15) is 9.59 Å². The molecule has 0 saturated carbocycles. The molecule has 1 fully saturated rings. The van der Waals surface area contributed by atoms with Crippen molar-refractivity contribution in [1.29, 1.82) is 0 Å². The van der Waals surface area contributed by atoms with Crippen molar-refractivity contribution in [3.63, 3.8) is 0 Å². The monoisotopic (exact) mass is 229 g/mol. The molecule has 0 spiro atoms. The van der Waals surface area contributed by atoms with Crippen molar-refractivity contribution in [2.75, 3.05) is 19.7 Å². The Labute approximate surface area is 95.9 Å². The lowest BCUT2D eigenvalue weighted by Gasteiger charge is -2.31. The SMILES string of the molecule is CCOC(=O)[C@H]1CCC[NH+]([C@@H](C)C(N)=O)C1. The van der Waals surface area contributed by atoms with Gasteiger partial charge < -0.3 is 15.4 Å². The number of quaternary nitrogens is 1. The third-order valence-electron chi connectivity index (χ3n) is 3.22. The van der Waals surface area contributed by atoms with Crippen LogP contribution < -0.4 is 10.6 Å². The molecule has 1 aliphatic heterocycles. The number of hydrogen-bond acceptors (Lipinski definition) is 3. The van der Waals surface area contributed by atoms with Crippen LogP contribution in [0, 0.1) is 5.92 Å². The van der Waals surface area contributed by atoms with Crippen LogP contribution in [0.2, 0.25) is 0 Å². The number of ether oxygens (including phenoxy) is 1. The van der Waals surface area contributed by atoms with E-state index < -0.39 is 0 Å². The first-order valence-corrected chi connectivity index (χ1v) is 5.86. The molecule has 1 unspecified atom stereocenters. The van der Waals surface area contributed by atoms with E-state index in [-0.39, 0.29) is 23.8 Å². The van der Waals surface area contributed by atoms with E-state index in [1.807, 2.05) is 6.92 Å². The van der Waals surface area contributed by atoms with Gasteiger partial charge in [-0.05, 0) is 26.7 Å². The quantitative estimate of drug-likeness (QED) is 0.590. The number of carbonyl (C=O) groups is 2. The summed E-state index contributed by atoms with van der Waals surface area (Å²) < 4.78 is 5.00. The number of rotatable bonds is 4. The molecule has 1 saturated heterocycles.